The van der Waals surface area contributed by atoms with Crippen LogP contribution < -0.4 is 15.2 Å². The van der Waals surface area contributed by atoms with Crippen molar-refractivity contribution in [2.24, 2.45) is 0 Å². The summed E-state index contributed by atoms with van der Waals surface area (Å²) in [4.78, 5) is 0. The fourth-order valence-corrected chi connectivity index (χ4v) is 1.57. The summed E-state index contributed by atoms with van der Waals surface area (Å²) in [6.45, 7) is 2.25. The second-order valence-electron chi connectivity index (χ2n) is 3.76. The van der Waals surface area contributed by atoms with Gasteiger partial charge in [0.1, 0.15) is 0 Å². The van der Waals surface area contributed by atoms with Gasteiger partial charge in [-0.25, -0.2) is 4.39 Å². The van der Waals surface area contributed by atoms with Gasteiger partial charge in [-0.15, -0.1) is 0 Å². The van der Waals surface area contributed by atoms with Crippen LogP contribution in [-0.4, -0.2) is 6.61 Å². The number of anilines is 1. The van der Waals surface area contributed by atoms with Crippen molar-refractivity contribution in [1.82, 2.24) is 0 Å². The molecule has 0 amide bonds. The number of rotatable bonds is 4. The average molecular weight is 265 g/mol. The van der Waals surface area contributed by atoms with Gasteiger partial charge in [-0.2, -0.15) is 4.39 Å². The van der Waals surface area contributed by atoms with E-state index in [0.29, 0.717) is 12.4 Å². The third kappa shape index (κ3) is 2.76. The molecule has 0 bridgehead atoms. The van der Waals surface area contributed by atoms with E-state index in [1.54, 1.807) is 24.3 Å². The summed E-state index contributed by atoms with van der Waals surface area (Å²) in [6, 6.07) is 8.92. The molecule has 2 rings (SSSR count). The highest BCUT2D eigenvalue weighted by molar-refractivity contribution is 5.56. The monoisotopic (exact) mass is 265 g/mol. The van der Waals surface area contributed by atoms with Gasteiger partial charge in [-0.1, -0.05) is 12.1 Å². The molecule has 5 heteroatoms. The summed E-state index contributed by atoms with van der Waals surface area (Å²) in [6.07, 6.45) is 0. The first-order valence-corrected chi connectivity index (χ1v) is 5.76. The normalized spacial score (nSPS) is 10.3. The molecular formula is C14H13F2NO2. The fourth-order valence-electron chi connectivity index (χ4n) is 1.57. The maximum atomic E-state index is 13.6. The molecule has 0 heterocycles. The predicted octanol–water partition coefficient (Wildman–Crippen LogP) is 3.74. The van der Waals surface area contributed by atoms with Crippen LogP contribution in [0.25, 0.3) is 0 Å². The maximum Gasteiger partial charge on any atom is 0.203 e. The lowest BCUT2D eigenvalue weighted by atomic mass is 10.2. The van der Waals surface area contributed by atoms with Gasteiger partial charge in [0.2, 0.25) is 5.82 Å². The van der Waals surface area contributed by atoms with Crippen molar-refractivity contribution < 1.29 is 18.3 Å². The Kier molecular flexibility index (Phi) is 3.85. The molecule has 0 aliphatic carbocycles. The zero-order valence-corrected chi connectivity index (χ0v) is 10.3. The van der Waals surface area contributed by atoms with Gasteiger partial charge < -0.3 is 15.2 Å². The minimum absolute atomic E-state index is 0.0187. The lowest BCUT2D eigenvalue weighted by Crippen LogP contribution is -2.00. The number of hydrogen-bond donors (Lipinski definition) is 1. The molecule has 0 aromatic heterocycles. The van der Waals surface area contributed by atoms with Crippen LogP contribution in [0.1, 0.15) is 6.92 Å². The van der Waals surface area contributed by atoms with Gasteiger partial charge in [0.05, 0.1) is 12.3 Å². The van der Waals surface area contributed by atoms with Crippen molar-refractivity contribution >= 4 is 5.69 Å². The zero-order chi connectivity index (χ0) is 13.8. The van der Waals surface area contributed by atoms with Gasteiger partial charge in [-0.3, -0.25) is 0 Å². The Labute approximate surface area is 109 Å². The van der Waals surface area contributed by atoms with Crippen molar-refractivity contribution in [3.8, 4) is 17.2 Å². The lowest BCUT2D eigenvalue weighted by molar-refractivity contribution is 0.318. The molecule has 0 aliphatic heterocycles. The van der Waals surface area contributed by atoms with E-state index >= 15 is 0 Å². The van der Waals surface area contributed by atoms with Gasteiger partial charge in [-0.05, 0) is 31.2 Å². The molecule has 2 aromatic rings. The smallest absolute Gasteiger partial charge is 0.203 e. The van der Waals surface area contributed by atoms with Crippen LogP contribution >= 0.6 is 0 Å². The Balaban J connectivity index is 2.39. The highest BCUT2D eigenvalue weighted by Gasteiger charge is 2.16. The molecule has 2 aromatic carbocycles. The SMILES string of the molecule is CCOc1ccccc1Oc1c(N)ccc(F)c1F. The summed E-state index contributed by atoms with van der Waals surface area (Å²) in [5.74, 6) is -1.76. The third-order valence-electron chi connectivity index (χ3n) is 2.44. The molecule has 0 radical (unpaired) electrons. The molecule has 0 saturated heterocycles. The Morgan fingerprint density at radius 3 is 2.42 bits per heavy atom. The first-order chi connectivity index (χ1) is 9.13. The third-order valence-corrected chi connectivity index (χ3v) is 2.44. The number of nitrogens with two attached hydrogens (primary N) is 1. The largest absolute Gasteiger partial charge is 0.490 e. The van der Waals surface area contributed by atoms with Crippen molar-refractivity contribution in [1.29, 1.82) is 0 Å². The first kappa shape index (κ1) is 13.1. The second kappa shape index (κ2) is 5.56. The van der Waals surface area contributed by atoms with Crippen LogP contribution in [0.3, 0.4) is 0 Å². The van der Waals surface area contributed by atoms with E-state index in [-0.39, 0.29) is 17.2 Å². The predicted molar refractivity (Wildman–Crippen MR) is 68.5 cm³/mol. The minimum Gasteiger partial charge on any atom is -0.490 e. The van der Waals surface area contributed by atoms with Crippen molar-refractivity contribution in [2.45, 2.75) is 6.92 Å². The maximum absolute atomic E-state index is 13.6. The van der Waals surface area contributed by atoms with E-state index < -0.39 is 11.6 Å². The zero-order valence-electron chi connectivity index (χ0n) is 10.3. The Hall–Kier alpha value is -2.30. The number of para-hydroxylation sites is 2. The minimum atomic E-state index is -1.12. The van der Waals surface area contributed by atoms with E-state index in [1.165, 1.54) is 6.07 Å². The molecule has 19 heavy (non-hydrogen) atoms. The molecule has 0 spiro atoms. The van der Waals surface area contributed by atoms with Crippen LogP contribution in [0.15, 0.2) is 36.4 Å². The van der Waals surface area contributed by atoms with Crippen LogP contribution in [0, 0.1) is 11.6 Å². The standard InChI is InChI=1S/C14H13F2NO2/c1-2-18-11-5-3-4-6-12(11)19-14-10(17)8-7-9(15)13(14)16/h3-8H,2,17H2,1H3. The van der Waals surface area contributed by atoms with Gasteiger partial charge in [0.25, 0.3) is 0 Å². The van der Waals surface area contributed by atoms with Crippen LogP contribution in [0.5, 0.6) is 17.2 Å². The first-order valence-electron chi connectivity index (χ1n) is 5.76. The molecular weight excluding hydrogens is 252 g/mol. The summed E-state index contributed by atoms with van der Waals surface area (Å²) < 4.78 is 37.5. The Bertz CT molecular complexity index is 588. The van der Waals surface area contributed by atoms with Gasteiger partial charge >= 0.3 is 0 Å². The number of benzene rings is 2. The number of halogens is 2. The lowest BCUT2D eigenvalue weighted by Gasteiger charge is -2.13. The van der Waals surface area contributed by atoms with E-state index in [4.69, 9.17) is 15.2 Å². The van der Waals surface area contributed by atoms with E-state index in [1.807, 2.05) is 6.92 Å². The van der Waals surface area contributed by atoms with Crippen molar-refractivity contribution in [2.75, 3.05) is 12.3 Å². The van der Waals surface area contributed by atoms with Gasteiger partial charge in [0.15, 0.2) is 23.1 Å². The topological polar surface area (TPSA) is 44.5 Å². The van der Waals surface area contributed by atoms with Gasteiger partial charge in [0, 0.05) is 0 Å². The van der Waals surface area contributed by atoms with E-state index in [0.717, 1.165) is 6.07 Å². The highest BCUT2D eigenvalue weighted by Crippen LogP contribution is 2.36. The van der Waals surface area contributed by atoms with Crippen molar-refractivity contribution in [3.05, 3.63) is 48.0 Å². The van der Waals surface area contributed by atoms with E-state index in [2.05, 4.69) is 0 Å². The van der Waals surface area contributed by atoms with Crippen LogP contribution in [0.2, 0.25) is 0 Å². The number of nitrogen functional groups attached to an aromatic ring is 1. The summed E-state index contributed by atoms with van der Waals surface area (Å²) in [5.41, 5.74) is 5.61. The van der Waals surface area contributed by atoms with Crippen LogP contribution in [-0.2, 0) is 0 Å². The number of hydrogen-bond acceptors (Lipinski definition) is 3. The second-order valence-corrected chi connectivity index (χ2v) is 3.76. The fraction of sp³-hybridized carbons (Fsp3) is 0.143. The Morgan fingerprint density at radius 1 is 1.05 bits per heavy atom. The molecule has 0 fully saturated rings. The average Bonchev–Trinajstić information content (AvgIpc) is 2.41. The molecule has 0 saturated carbocycles. The quantitative estimate of drug-likeness (QED) is 0.856. The molecule has 0 unspecified atom stereocenters. The molecule has 0 aliphatic rings. The summed E-state index contributed by atoms with van der Waals surface area (Å²) >= 11 is 0. The van der Waals surface area contributed by atoms with Crippen LogP contribution in [0.4, 0.5) is 14.5 Å². The molecule has 2 N–H and O–H groups in total. The van der Waals surface area contributed by atoms with E-state index in [9.17, 15) is 8.78 Å². The molecule has 0 atom stereocenters. The summed E-state index contributed by atoms with van der Waals surface area (Å²) in [5, 5.41) is 0. The Morgan fingerprint density at radius 2 is 1.74 bits per heavy atom. The van der Waals surface area contributed by atoms with Crippen molar-refractivity contribution in [3.63, 3.8) is 0 Å². The molecule has 100 valence electrons. The number of ether oxygens (including phenoxy) is 2. The molecule has 3 nitrogen and oxygen atoms in total. The summed E-state index contributed by atoms with van der Waals surface area (Å²) in [7, 11) is 0. The highest BCUT2D eigenvalue weighted by atomic mass is 19.2.